The van der Waals surface area contributed by atoms with Gasteiger partial charge in [-0.1, -0.05) is 0 Å². The average molecular weight is 292 g/mol. The van der Waals surface area contributed by atoms with Crippen molar-refractivity contribution in [2.45, 2.75) is 17.1 Å². The van der Waals surface area contributed by atoms with Crippen molar-refractivity contribution in [3.05, 3.63) is 44.1 Å². The van der Waals surface area contributed by atoms with E-state index in [1.807, 2.05) is 6.92 Å². The molecule has 0 radical (unpaired) electrons. The van der Waals surface area contributed by atoms with E-state index < -0.39 is 11.1 Å². The lowest BCUT2D eigenvalue weighted by Gasteiger charge is -2.10. The highest BCUT2D eigenvalue weighted by atomic mass is 32.2. The van der Waals surface area contributed by atoms with Crippen LogP contribution in [-0.4, -0.2) is 25.6 Å². The molecule has 0 amide bonds. The van der Waals surface area contributed by atoms with Crippen LogP contribution in [0.1, 0.15) is 11.1 Å². The van der Waals surface area contributed by atoms with Gasteiger partial charge in [0.2, 0.25) is 0 Å². The van der Waals surface area contributed by atoms with Gasteiger partial charge in [0.05, 0.1) is 5.56 Å². The summed E-state index contributed by atoms with van der Waals surface area (Å²) in [6.07, 6.45) is 1.58. The number of nitrogen functional groups attached to an aromatic ring is 1. The molecule has 0 atom stereocenters. The minimum Gasteiger partial charge on any atom is -0.384 e. The highest BCUT2D eigenvalue weighted by molar-refractivity contribution is 7.99. The van der Waals surface area contributed by atoms with Crippen LogP contribution < -0.4 is 16.9 Å². The third-order valence-electron chi connectivity index (χ3n) is 2.53. The number of aromatic nitrogens is 4. The second-order valence-corrected chi connectivity index (χ2v) is 4.98. The average Bonchev–Trinajstić information content (AvgIpc) is 2.35. The maximum atomic E-state index is 11.3. The minimum atomic E-state index is -0.873. The van der Waals surface area contributed by atoms with Crippen LogP contribution in [0, 0.1) is 12.3 Å². The van der Waals surface area contributed by atoms with Crippen LogP contribution in [0.5, 0.6) is 0 Å². The Balaban J connectivity index is 2.54. The molecule has 4 N–H and O–H groups in total. The second kappa shape index (κ2) is 5.29. The van der Waals surface area contributed by atoms with E-state index >= 15 is 0 Å². The molecule has 0 unspecified atom stereocenters. The number of aryl methyl sites for hydroxylation is 2. The molecule has 0 saturated carbocycles. The number of hydrogen-bond acceptors (Lipinski definition) is 6. The van der Waals surface area contributed by atoms with Gasteiger partial charge in [-0.15, -0.1) is 0 Å². The van der Waals surface area contributed by atoms with Gasteiger partial charge in [0.15, 0.2) is 5.16 Å². The van der Waals surface area contributed by atoms with Gasteiger partial charge in [0.1, 0.15) is 10.9 Å². The molecule has 2 aromatic rings. The van der Waals surface area contributed by atoms with E-state index in [2.05, 4.69) is 15.1 Å². The molecule has 2 rings (SSSR count). The number of aromatic amines is 1. The van der Waals surface area contributed by atoms with E-state index in [-0.39, 0.29) is 11.0 Å². The molecule has 2 heterocycles. The molecule has 104 valence electrons. The molecule has 20 heavy (non-hydrogen) atoms. The molecule has 0 saturated heterocycles. The van der Waals surface area contributed by atoms with E-state index in [0.717, 1.165) is 17.3 Å². The summed E-state index contributed by atoms with van der Waals surface area (Å²) in [6, 6.07) is 1.74. The smallest absolute Gasteiger partial charge is 0.339 e. The van der Waals surface area contributed by atoms with Gasteiger partial charge in [0, 0.05) is 13.2 Å². The Morgan fingerprint density at radius 3 is 2.85 bits per heavy atom. The Bertz CT molecular complexity index is 794. The molecule has 0 bridgehead atoms. The quantitative estimate of drug-likeness (QED) is 0.401. The lowest BCUT2D eigenvalue weighted by Crippen LogP contribution is -2.33. The number of amidine groups is 1. The Kier molecular flexibility index (Phi) is 3.70. The Morgan fingerprint density at radius 2 is 2.20 bits per heavy atom. The second-order valence-electron chi connectivity index (χ2n) is 4.02. The summed E-state index contributed by atoms with van der Waals surface area (Å²) in [5, 5.41) is 10.6. The van der Waals surface area contributed by atoms with Crippen LogP contribution in [0.15, 0.2) is 32.0 Å². The number of nitrogens with two attached hydrogens (primary N) is 1. The van der Waals surface area contributed by atoms with Crippen LogP contribution >= 0.6 is 11.8 Å². The number of rotatable bonds is 3. The van der Waals surface area contributed by atoms with Crippen molar-refractivity contribution < 1.29 is 0 Å². The van der Waals surface area contributed by atoms with E-state index in [9.17, 15) is 9.59 Å². The van der Waals surface area contributed by atoms with Gasteiger partial charge in [-0.05, 0) is 30.3 Å². The van der Waals surface area contributed by atoms with Crippen LogP contribution in [0.3, 0.4) is 0 Å². The predicted octanol–water partition coefficient (Wildman–Crippen LogP) is -0.393. The fourth-order valence-electron chi connectivity index (χ4n) is 1.58. The molecule has 8 nitrogen and oxygen atoms in total. The standard InChI is InChI=1S/C11H12N6O2S/c1-5-3-4-14-10(6(5)7(12)13)20-11-15-8(18)9(19)16-17(11)2/h3-4H,1-2H3,(H3,12,13)(H,16,19). The maximum absolute atomic E-state index is 11.3. The Hall–Kier alpha value is -2.42. The van der Waals surface area contributed by atoms with Crippen LogP contribution in [0.4, 0.5) is 0 Å². The van der Waals surface area contributed by atoms with Gasteiger partial charge in [-0.3, -0.25) is 24.8 Å². The first-order valence-electron chi connectivity index (χ1n) is 5.55. The zero-order valence-electron chi connectivity index (χ0n) is 10.8. The van der Waals surface area contributed by atoms with Gasteiger partial charge in [-0.2, -0.15) is 4.98 Å². The lowest BCUT2D eigenvalue weighted by atomic mass is 10.1. The number of pyridine rings is 1. The van der Waals surface area contributed by atoms with Crippen LogP contribution in [0.25, 0.3) is 0 Å². The van der Waals surface area contributed by atoms with Crippen molar-refractivity contribution in [1.29, 1.82) is 5.41 Å². The number of H-pyrrole nitrogens is 1. The zero-order chi connectivity index (χ0) is 14.9. The first-order chi connectivity index (χ1) is 9.40. The zero-order valence-corrected chi connectivity index (χ0v) is 11.6. The van der Waals surface area contributed by atoms with E-state index in [1.165, 1.54) is 4.68 Å². The maximum Gasteiger partial charge on any atom is 0.339 e. The fraction of sp³-hybridized carbons (Fsp3) is 0.182. The van der Waals surface area contributed by atoms with E-state index in [1.54, 1.807) is 19.3 Å². The van der Waals surface area contributed by atoms with Crippen molar-refractivity contribution in [2.75, 3.05) is 0 Å². The van der Waals surface area contributed by atoms with Gasteiger partial charge in [-0.25, -0.2) is 4.98 Å². The summed E-state index contributed by atoms with van der Waals surface area (Å²) < 4.78 is 1.32. The van der Waals surface area contributed by atoms with Gasteiger partial charge in [0.25, 0.3) is 0 Å². The van der Waals surface area contributed by atoms with Crippen molar-refractivity contribution in [3.63, 3.8) is 0 Å². The molecule has 0 aromatic carbocycles. The van der Waals surface area contributed by atoms with Crippen molar-refractivity contribution in [2.24, 2.45) is 12.8 Å². The summed E-state index contributed by atoms with van der Waals surface area (Å²) in [7, 11) is 1.55. The summed E-state index contributed by atoms with van der Waals surface area (Å²) in [5.41, 5.74) is 5.16. The summed E-state index contributed by atoms with van der Waals surface area (Å²) in [5.74, 6) is -0.118. The summed E-state index contributed by atoms with van der Waals surface area (Å²) in [4.78, 5) is 30.3. The molecular formula is C11H12N6O2S. The molecule has 0 aliphatic carbocycles. The van der Waals surface area contributed by atoms with Crippen molar-refractivity contribution in [1.82, 2.24) is 19.7 Å². The molecule has 0 fully saturated rings. The van der Waals surface area contributed by atoms with Gasteiger partial charge < -0.3 is 5.73 Å². The Labute approximate surface area is 117 Å². The fourth-order valence-corrected chi connectivity index (χ4v) is 2.55. The monoisotopic (exact) mass is 292 g/mol. The molecule has 9 heteroatoms. The first kappa shape index (κ1) is 14.0. The normalized spacial score (nSPS) is 10.5. The van der Waals surface area contributed by atoms with E-state index in [0.29, 0.717) is 10.6 Å². The number of nitrogens with zero attached hydrogens (tertiary/aromatic N) is 3. The number of hydrogen-bond donors (Lipinski definition) is 3. The minimum absolute atomic E-state index is 0.118. The lowest BCUT2D eigenvalue weighted by molar-refractivity contribution is 0.596. The van der Waals surface area contributed by atoms with Crippen molar-refractivity contribution >= 4 is 17.6 Å². The van der Waals surface area contributed by atoms with Crippen molar-refractivity contribution in [3.8, 4) is 0 Å². The SMILES string of the molecule is Cc1ccnc(Sc2nc(=O)c(=O)[nH]n2C)c1C(=N)N. The topological polar surface area (TPSA) is 131 Å². The largest absolute Gasteiger partial charge is 0.384 e. The predicted molar refractivity (Wildman–Crippen MR) is 74.2 cm³/mol. The van der Waals surface area contributed by atoms with Crippen LogP contribution in [0.2, 0.25) is 0 Å². The first-order valence-corrected chi connectivity index (χ1v) is 6.37. The molecule has 0 aliphatic rings. The van der Waals surface area contributed by atoms with E-state index in [4.69, 9.17) is 11.1 Å². The summed E-state index contributed by atoms with van der Waals surface area (Å²) in [6.45, 7) is 1.81. The highest BCUT2D eigenvalue weighted by Gasteiger charge is 2.14. The third-order valence-corrected chi connectivity index (χ3v) is 3.58. The van der Waals surface area contributed by atoms with Gasteiger partial charge >= 0.3 is 11.1 Å². The third kappa shape index (κ3) is 2.62. The highest BCUT2D eigenvalue weighted by Crippen LogP contribution is 2.27. The Morgan fingerprint density at radius 1 is 1.50 bits per heavy atom. The molecule has 0 spiro atoms. The molecule has 0 aliphatic heterocycles. The molecule has 2 aromatic heterocycles. The molecular weight excluding hydrogens is 280 g/mol. The number of nitrogens with one attached hydrogen (secondary N) is 2. The summed E-state index contributed by atoms with van der Waals surface area (Å²) >= 11 is 1.06. The van der Waals surface area contributed by atoms with Crippen LogP contribution in [-0.2, 0) is 7.05 Å².